The van der Waals surface area contributed by atoms with E-state index in [0.29, 0.717) is 48.2 Å². The molecule has 10 nitrogen and oxygen atoms in total. The number of nitrogen functional groups attached to an aromatic ring is 1. The fraction of sp³-hybridized carbons (Fsp3) is 0.360. The van der Waals surface area contributed by atoms with Gasteiger partial charge in [-0.3, -0.25) is 10.1 Å². The van der Waals surface area contributed by atoms with Crippen LogP contribution in [0, 0.1) is 12.7 Å². The van der Waals surface area contributed by atoms with Gasteiger partial charge in [0.05, 0.1) is 5.69 Å². The maximum atomic E-state index is 15.3. The van der Waals surface area contributed by atoms with E-state index in [0.717, 1.165) is 11.3 Å². The molecule has 1 aliphatic carbocycles. The summed E-state index contributed by atoms with van der Waals surface area (Å²) < 4.78 is 31.5. The molecule has 2 aliphatic rings. The highest BCUT2D eigenvalue weighted by atomic mass is 19.1. The van der Waals surface area contributed by atoms with E-state index in [-0.39, 0.29) is 29.1 Å². The Morgan fingerprint density at radius 1 is 1.25 bits per heavy atom. The maximum absolute atomic E-state index is 15.3. The first-order chi connectivity index (χ1) is 17.1. The lowest BCUT2D eigenvalue weighted by molar-refractivity contribution is -0.176. The zero-order valence-corrected chi connectivity index (χ0v) is 20.1. The quantitative estimate of drug-likeness (QED) is 0.360. The van der Waals surface area contributed by atoms with Crippen LogP contribution in [0.15, 0.2) is 24.5 Å². The number of carbonyl (C=O) groups excluding carboxylic acids is 2. The maximum Gasteiger partial charge on any atom is 0.413 e. The molecule has 36 heavy (non-hydrogen) atoms. The molecule has 0 radical (unpaired) electrons. The number of amides is 1. The van der Waals surface area contributed by atoms with Crippen molar-refractivity contribution in [1.82, 2.24) is 9.97 Å². The van der Waals surface area contributed by atoms with Crippen LogP contribution in [0.2, 0.25) is 0 Å². The summed E-state index contributed by atoms with van der Waals surface area (Å²) >= 11 is 0. The van der Waals surface area contributed by atoms with Gasteiger partial charge >= 0.3 is 12.1 Å². The second-order valence-corrected chi connectivity index (χ2v) is 9.30. The van der Waals surface area contributed by atoms with Crippen molar-refractivity contribution in [2.75, 3.05) is 29.5 Å². The smallest absolute Gasteiger partial charge is 0.413 e. The molecular formula is C25H26FN5O5. The van der Waals surface area contributed by atoms with E-state index < -0.39 is 17.5 Å². The van der Waals surface area contributed by atoms with E-state index in [9.17, 15) is 9.59 Å². The first kappa shape index (κ1) is 23.6. The van der Waals surface area contributed by atoms with Crippen LogP contribution in [0.25, 0.3) is 21.9 Å². The number of nitrogens with one attached hydrogen (secondary N) is 2. The molecule has 0 bridgehead atoms. The minimum absolute atomic E-state index is 0.0512. The van der Waals surface area contributed by atoms with Gasteiger partial charge in [-0.25, -0.2) is 19.2 Å². The van der Waals surface area contributed by atoms with Gasteiger partial charge in [-0.05, 0) is 36.9 Å². The van der Waals surface area contributed by atoms with Crippen molar-refractivity contribution in [3.63, 3.8) is 0 Å². The van der Waals surface area contributed by atoms with Gasteiger partial charge < -0.3 is 25.3 Å². The summed E-state index contributed by atoms with van der Waals surface area (Å²) in [5, 5.41) is 6.84. The summed E-state index contributed by atoms with van der Waals surface area (Å²) in [7, 11) is 0. The summed E-state index contributed by atoms with van der Waals surface area (Å²) in [4.78, 5) is 32.1. The number of hydrogen-bond acceptors (Lipinski definition) is 9. The number of ether oxygens (including phenoxy) is 3. The van der Waals surface area contributed by atoms with Crippen molar-refractivity contribution in [2.45, 2.75) is 45.3 Å². The van der Waals surface area contributed by atoms with Crippen molar-refractivity contribution in [3.8, 4) is 17.0 Å². The van der Waals surface area contributed by atoms with Gasteiger partial charge in [0.1, 0.15) is 29.8 Å². The zero-order chi connectivity index (χ0) is 25.6. The number of aromatic nitrogens is 2. The number of nitrogens with zero attached hydrogens (tertiary/aromatic N) is 2. The molecule has 1 aromatic carbocycles. The molecular weight excluding hydrogens is 469 g/mol. The number of anilines is 3. The number of carbonyl (C=O) groups is 2. The summed E-state index contributed by atoms with van der Waals surface area (Å²) in [6, 6.07) is 3.25. The second kappa shape index (κ2) is 8.81. The summed E-state index contributed by atoms with van der Waals surface area (Å²) in [6.07, 6.45) is 2.74. The van der Waals surface area contributed by atoms with Crippen LogP contribution in [0.5, 0.6) is 5.88 Å². The van der Waals surface area contributed by atoms with Gasteiger partial charge in [0.15, 0.2) is 5.82 Å². The van der Waals surface area contributed by atoms with Gasteiger partial charge in [-0.1, -0.05) is 0 Å². The Morgan fingerprint density at radius 2 is 2.03 bits per heavy atom. The number of nitrogens with two attached hydrogens (primary N) is 1. The van der Waals surface area contributed by atoms with Crippen molar-refractivity contribution in [1.29, 1.82) is 0 Å². The largest absolute Gasteiger partial charge is 0.474 e. The predicted octanol–water partition coefficient (Wildman–Crippen LogP) is 4.16. The molecule has 1 fully saturated rings. The number of fused-ring (bicyclic) bond motifs is 2. The molecule has 5 rings (SSSR count). The van der Waals surface area contributed by atoms with Crippen LogP contribution in [0.3, 0.4) is 0 Å². The Balaban J connectivity index is 1.38. The van der Waals surface area contributed by atoms with Crippen LogP contribution in [0.1, 0.15) is 32.3 Å². The molecule has 0 unspecified atom stereocenters. The standard InChI is InChI=1S/C25H26FN5O5/c1-12-17(10-30-23-22(12)28-4-5-34-23)16-6-14-7-19(29-11-18(14)21(27)20(16)26)31-24(33)35-15-8-25(3,9-15)36-13(2)32/h6-7,10-11,15,28H,4-5,8-9,27H2,1-3H3,(H,29,31,33)/t15-,25-. The summed E-state index contributed by atoms with van der Waals surface area (Å²) in [5.74, 6) is -0.249. The number of hydrogen-bond donors (Lipinski definition) is 3. The molecule has 1 saturated carbocycles. The van der Waals surface area contributed by atoms with E-state index in [1.807, 2.05) is 6.92 Å². The van der Waals surface area contributed by atoms with E-state index in [2.05, 4.69) is 20.6 Å². The van der Waals surface area contributed by atoms with Crippen molar-refractivity contribution >= 4 is 40.0 Å². The fourth-order valence-corrected chi connectivity index (χ4v) is 4.76. The third-order valence-corrected chi connectivity index (χ3v) is 6.45. The summed E-state index contributed by atoms with van der Waals surface area (Å²) in [6.45, 7) is 6.13. The topological polar surface area (TPSA) is 138 Å². The Labute approximate surface area is 206 Å². The van der Waals surface area contributed by atoms with Gasteiger partial charge in [-0.2, -0.15) is 0 Å². The molecule has 1 aliphatic heterocycles. The number of rotatable bonds is 4. The van der Waals surface area contributed by atoms with Crippen LogP contribution in [-0.2, 0) is 14.3 Å². The first-order valence-corrected chi connectivity index (χ1v) is 11.5. The predicted molar refractivity (Wildman–Crippen MR) is 131 cm³/mol. The molecule has 1 amide bonds. The molecule has 0 saturated heterocycles. The van der Waals surface area contributed by atoms with Gasteiger partial charge in [0, 0.05) is 55.2 Å². The van der Waals surface area contributed by atoms with Crippen LogP contribution < -0.4 is 21.1 Å². The fourth-order valence-electron chi connectivity index (χ4n) is 4.76. The number of benzene rings is 1. The minimum atomic E-state index is -0.687. The average Bonchev–Trinajstić information content (AvgIpc) is 2.80. The Kier molecular flexibility index (Phi) is 5.77. The molecule has 0 spiro atoms. The van der Waals surface area contributed by atoms with Crippen molar-refractivity contribution < 1.29 is 28.2 Å². The highest BCUT2D eigenvalue weighted by Crippen LogP contribution is 2.40. The van der Waals surface area contributed by atoms with E-state index in [1.165, 1.54) is 13.1 Å². The molecule has 3 heterocycles. The van der Waals surface area contributed by atoms with Crippen LogP contribution in [0.4, 0.5) is 26.4 Å². The molecule has 0 atom stereocenters. The van der Waals surface area contributed by atoms with Gasteiger partial charge in [0.2, 0.25) is 5.88 Å². The number of pyridine rings is 2. The average molecular weight is 496 g/mol. The SMILES string of the molecule is CC(=O)O[C@]1(C)C[C@@H](OC(=O)Nc2cc3cc(-c4cnc5c(c4C)NCCO5)c(F)c(N)c3cn2)C1. The second-order valence-electron chi connectivity index (χ2n) is 9.30. The Bertz CT molecular complexity index is 1390. The lowest BCUT2D eigenvalue weighted by Crippen LogP contribution is -2.49. The molecule has 3 aromatic rings. The lowest BCUT2D eigenvalue weighted by Gasteiger charge is -2.42. The molecule has 4 N–H and O–H groups in total. The highest BCUT2D eigenvalue weighted by Gasteiger charge is 2.45. The normalized spacial score (nSPS) is 20.4. The third kappa shape index (κ3) is 4.32. The van der Waals surface area contributed by atoms with Crippen molar-refractivity contribution in [2.24, 2.45) is 0 Å². The lowest BCUT2D eigenvalue weighted by atomic mass is 9.79. The Hall–Kier alpha value is -4.15. The highest BCUT2D eigenvalue weighted by molar-refractivity contribution is 5.99. The number of esters is 1. The molecule has 188 valence electrons. The van der Waals surface area contributed by atoms with E-state index in [4.69, 9.17) is 19.9 Å². The third-order valence-electron chi connectivity index (χ3n) is 6.45. The Morgan fingerprint density at radius 3 is 2.78 bits per heavy atom. The monoisotopic (exact) mass is 495 g/mol. The molecule has 2 aromatic heterocycles. The first-order valence-electron chi connectivity index (χ1n) is 11.5. The minimum Gasteiger partial charge on any atom is -0.474 e. The van der Waals surface area contributed by atoms with Crippen molar-refractivity contribution in [3.05, 3.63) is 35.9 Å². The summed E-state index contributed by atoms with van der Waals surface area (Å²) in [5.41, 5.74) is 7.81. The zero-order valence-electron chi connectivity index (χ0n) is 20.1. The molecule has 11 heteroatoms. The van der Waals surface area contributed by atoms with Gasteiger partial charge in [0.25, 0.3) is 0 Å². The van der Waals surface area contributed by atoms with Crippen LogP contribution in [-0.4, -0.2) is 46.9 Å². The van der Waals surface area contributed by atoms with E-state index >= 15 is 4.39 Å². The van der Waals surface area contributed by atoms with E-state index in [1.54, 1.807) is 25.3 Å². The number of halogens is 1. The van der Waals surface area contributed by atoms with Gasteiger partial charge in [-0.15, -0.1) is 0 Å². The van der Waals surface area contributed by atoms with Crippen LogP contribution >= 0.6 is 0 Å².